The predicted molar refractivity (Wildman–Crippen MR) is 95.9 cm³/mol. The van der Waals surface area contributed by atoms with Crippen LogP contribution in [-0.2, 0) is 17.9 Å². The van der Waals surface area contributed by atoms with Crippen molar-refractivity contribution in [2.24, 2.45) is 11.3 Å². The molecule has 5 nitrogen and oxygen atoms in total. The molecule has 2 aliphatic heterocycles. The Hall–Kier alpha value is -1.69. The number of hydrogen-bond acceptors (Lipinski definition) is 5. The third kappa shape index (κ3) is 3.78. The molecule has 5 heteroatoms. The van der Waals surface area contributed by atoms with Crippen molar-refractivity contribution in [3.8, 4) is 0 Å². The highest BCUT2D eigenvalue weighted by Gasteiger charge is 2.49. The molecule has 0 amide bonds. The molecule has 0 bridgehead atoms. The first kappa shape index (κ1) is 16.8. The Bertz CT molecular complexity index is 661. The number of hydrogen-bond donors (Lipinski definition) is 0. The van der Waals surface area contributed by atoms with Crippen molar-refractivity contribution in [2.45, 2.75) is 19.6 Å². The molecule has 2 atom stereocenters. The van der Waals surface area contributed by atoms with Crippen molar-refractivity contribution in [2.75, 3.05) is 39.8 Å². The van der Waals surface area contributed by atoms with Crippen LogP contribution in [0.1, 0.15) is 17.7 Å². The molecule has 2 saturated heterocycles. The number of nitrogens with zero attached hydrogens (tertiary/aromatic N) is 3. The molecule has 0 aliphatic carbocycles. The van der Waals surface area contributed by atoms with E-state index in [2.05, 4.69) is 27.9 Å². The lowest BCUT2D eigenvalue weighted by atomic mass is 9.77. The van der Waals surface area contributed by atoms with E-state index in [-0.39, 0.29) is 0 Å². The van der Waals surface area contributed by atoms with Gasteiger partial charge in [-0.1, -0.05) is 6.07 Å². The van der Waals surface area contributed by atoms with Gasteiger partial charge in [-0.2, -0.15) is 0 Å². The average molecular weight is 341 g/mol. The monoisotopic (exact) mass is 341 g/mol. The van der Waals surface area contributed by atoms with E-state index < -0.39 is 0 Å². The number of ether oxygens (including phenoxy) is 1. The molecular formula is C20H27N3O2. The first-order valence-corrected chi connectivity index (χ1v) is 9.13. The molecule has 0 saturated carbocycles. The number of pyridine rings is 1. The first-order chi connectivity index (χ1) is 12.2. The van der Waals surface area contributed by atoms with Gasteiger partial charge in [0.2, 0.25) is 0 Å². The van der Waals surface area contributed by atoms with Crippen LogP contribution in [0.25, 0.3) is 0 Å². The van der Waals surface area contributed by atoms with Crippen LogP contribution in [0.15, 0.2) is 47.4 Å². The number of aromatic nitrogens is 1. The smallest absolute Gasteiger partial charge is 0.0947 e. The van der Waals surface area contributed by atoms with E-state index in [1.54, 1.807) is 6.26 Å². The van der Waals surface area contributed by atoms with Crippen LogP contribution in [0, 0.1) is 11.3 Å². The van der Waals surface area contributed by atoms with Crippen molar-refractivity contribution in [3.05, 3.63) is 54.2 Å². The minimum atomic E-state index is 0.364. The minimum Gasteiger partial charge on any atom is -0.472 e. The van der Waals surface area contributed by atoms with E-state index in [1.807, 2.05) is 30.7 Å². The predicted octanol–water partition coefficient (Wildman–Crippen LogP) is 2.65. The standard InChI is InChI=1S/C20H27N3O2/c1-22-11-18(13-25-14-19-4-2-3-7-21-19)20(15-22)6-8-23(16-20)10-17-5-9-24-12-17/h2-5,7,9,12,18H,6,8,10-11,13-16H2,1H3/t18-,20+/m0/s1. The fraction of sp³-hybridized carbons (Fsp3) is 0.550. The van der Waals surface area contributed by atoms with Gasteiger partial charge in [-0.3, -0.25) is 9.88 Å². The lowest BCUT2D eigenvalue weighted by Crippen LogP contribution is -2.36. The Kier molecular flexibility index (Phi) is 4.88. The van der Waals surface area contributed by atoms with Gasteiger partial charge in [-0.25, -0.2) is 0 Å². The molecular weight excluding hydrogens is 314 g/mol. The summed E-state index contributed by atoms with van der Waals surface area (Å²) in [5.41, 5.74) is 2.64. The van der Waals surface area contributed by atoms with Crippen LogP contribution in [-0.4, -0.2) is 54.6 Å². The van der Waals surface area contributed by atoms with E-state index in [4.69, 9.17) is 9.15 Å². The second-order valence-corrected chi connectivity index (χ2v) is 7.68. The average Bonchev–Trinajstić information content (AvgIpc) is 3.32. The third-order valence-corrected chi connectivity index (χ3v) is 5.73. The van der Waals surface area contributed by atoms with E-state index in [0.717, 1.165) is 38.5 Å². The van der Waals surface area contributed by atoms with Crippen LogP contribution >= 0.6 is 0 Å². The molecule has 0 N–H and O–H groups in total. The molecule has 2 aromatic rings. The van der Waals surface area contributed by atoms with Crippen LogP contribution in [0.4, 0.5) is 0 Å². The summed E-state index contributed by atoms with van der Waals surface area (Å²) in [6.07, 6.45) is 6.71. The van der Waals surface area contributed by atoms with E-state index >= 15 is 0 Å². The van der Waals surface area contributed by atoms with Crippen molar-refractivity contribution in [1.29, 1.82) is 0 Å². The maximum absolute atomic E-state index is 6.06. The highest BCUT2D eigenvalue weighted by molar-refractivity contribution is 5.08. The Labute approximate surface area is 149 Å². The fourth-order valence-corrected chi connectivity index (χ4v) is 4.54. The van der Waals surface area contributed by atoms with Crippen molar-refractivity contribution >= 4 is 0 Å². The Morgan fingerprint density at radius 1 is 1.32 bits per heavy atom. The fourth-order valence-electron chi connectivity index (χ4n) is 4.54. The van der Waals surface area contributed by atoms with Crippen molar-refractivity contribution in [1.82, 2.24) is 14.8 Å². The molecule has 4 rings (SSSR count). The van der Waals surface area contributed by atoms with E-state index in [0.29, 0.717) is 17.9 Å². The SMILES string of the molecule is CN1C[C@@H](COCc2ccccn2)[C@]2(CCN(Cc3ccoc3)C2)C1. The molecule has 0 radical (unpaired) electrons. The summed E-state index contributed by atoms with van der Waals surface area (Å²) in [5, 5.41) is 0. The maximum Gasteiger partial charge on any atom is 0.0947 e. The van der Waals surface area contributed by atoms with Gasteiger partial charge in [0.1, 0.15) is 0 Å². The van der Waals surface area contributed by atoms with Gasteiger partial charge in [-0.05, 0) is 38.2 Å². The Morgan fingerprint density at radius 3 is 3.08 bits per heavy atom. The molecule has 25 heavy (non-hydrogen) atoms. The molecule has 2 aliphatic rings. The second-order valence-electron chi connectivity index (χ2n) is 7.68. The van der Waals surface area contributed by atoms with Gasteiger partial charge in [0.25, 0.3) is 0 Å². The van der Waals surface area contributed by atoms with Gasteiger partial charge in [0.15, 0.2) is 0 Å². The number of likely N-dealkylation sites (tertiary alicyclic amines) is 2. The van der Waals surface area contributed by atoms with E-state index in [9.17, 15) is 0 Å². The van der Waals surface area contributed by atoms with Gasteiger partial charge in [0.05, 0.1) is 31.4 Å². The molecule has 2 fully saturated rings. The summed E-state index contributed by atoms with van der Waals surface area (Å²) < 4.78 is 11.3. The first-order valence-electron chi connectivity index (χ1n) is 9.13. The molecule has 1 spiro atoms. The van der Waals surface area contributed by atoms with Crippen LogP contribution in [0.5, 0.6) is 0 Å². The third-order valence-electron chi connectivity index (χ3n) is 5.73. The summed E-state index contributed by atoms with van der Waals surface area (Å²) >= 11 is 0. The Balaban J connectivity index is 1.34. The van der Waals surface area contributed by atoms with Crippen molar-refractivity contribution < 1.29 is 9.15 Å². The summed E-state index contributed by atoms with van der Waals surface area (Å²) in [6, 6.07) is 8.05. The van der Waals surface area contributed by atoms with Crippen LogP contribution in [0.2, 0.25) is 0 Å². The van der Waals surface area contributed by atoms with Gasteiger partial charge >= 0.3 is 0 Å². The van der Waals surface area contributed by atoms with E-state index in [1.165, 1.54) is 18.5 Å². The zero-order valence-electron chi connectivity index (χ0n) is 14.9. The summed E-state index contributed by atoms with van der Waals surface area (Å²) in [4.78, 5) is 9.38. The second kappa shape index (κ2) is 7.28. The highest BCUT2D eigenvalue weighted by atomic mass is 16.5. The molecule has 4 heterocycles. The summed E-state index contributed by atoms with van der Waals surface area (Å²) in [5.74, 6) is 0.593. The van der Waals surface area contributed by atoms with Gasteiger partial charge in [-0.15, -0.1) is 0 Å². The van der Waals surface area contributed by atoms with Gasteiger partial charge in [0, 0.05) is 49.3 Å². The zero-order chi connectivity index (χ0) is 17.1. The molecule has 0 unspecified atom stereocenters. The molecule has 2 aromatic heterocycles. The number of rotatable bonds is 6. The van der Waals surface area contributed by atoms with Gasteiger partial charge < -0.3 is 14.1 Å². The van der Waals surface area contributed by atoms with Crippen LogP contribution in [0.3, 0.4) is 0 Å². The summed E-state index contributed by atoms with van der Waals surface area (Å²) in [7, 11) is 2.24. The lowest BCUT2D eigenvalue weighted by Gasteiger charge is -2.30. The topological polar surface area (TPSA) is 41.7 Å². The van der Waals surface area contributed by atoms with Crippen LogP contribution < -0.4 is 0 Å². The molecule has 134 valence electrons. The normalized spacial score (nSPS) is 27.5. The van der Waals surface area contributed by atoms with Crippen molar-refractivity contribution in [3.63, 3.8) is 0 Å². The lowest BCUT2D eigenvalue weighted by molar-refractivity contribution is 0.0501. The quantitative estimate of drug-likeness (QED) is 0.808. The Morgan fingerprint density at radius 2 is 2.28 bits per heavy atom. The zero-order valence-corrected chi connectivity index (χ0v) is 14.9. The summed E-state index contributed by atoms with van der Waals surface area (Å²) in [6.45, 7) is 7.03. The largest absolute Gasteiger partial charge is 0.472 e. The molecule has 0 aromatic carbocycles. The number of furan rings is 1. The maximum atomic E-state index is 6.06. The minimum absolute atomic E-state index is 0.364. The highest BCUT2D eigenvalue weighted by Crippen LogP contribution is 2.43.